The van der Waals surface area contributed by atoms with Crippen LogP contribution in [0.3, 0.4) is 0 Å². The molecule has 490 valence electrons. The molecular formula is C73H77N17O5S. The molecule has 5 N–H and O–H groups in total. The number of aromatic nitrogens is 10. The van der Waals surface area contributed by atoms with E-state index in [4.69, 9.17) is 9.47 Å². The Morgan fingerprint density at radius 2 is 0.969 bits per heavy atom. The highest BCUT2D eigenvalue weighted by atomic mass is 32.2. The van der Waals surface area contributed by atoms with Gasteiger partial charge in [-0.2, -0.15) is 4.98 Å². The van der Waals surface area contributed by atoms with E-state index in [0.29, 0.717) is 23.6 Å². The third-order valence-electron chi connectivity index (χ3n) is 17.6. The Kier molecular flexibility index (Phi) is 18.5. The summed E-state index contributed by atoms with van der Waals surface area (Å²) in [5.74, 6) is 0.442. The minimum Gasteiger partial charge on any atom is -0.480 e. The van der Waals surface area contributed by atoms with Crippen molar-refractivity contribution >= 4 is 83.2 Å². The highest BCUT2D eigenvalue weighted by Gasteiger charge is 2.22. The summed E-state index contributed by atoms with van der Waals surface area (Å²) in [5, 5.41) is 11.6. The highest BCUT2D eigenvalue weighted by molar-refractivity contribution is 7.90. The van der Waals surface area contributed by atoms with Gasteiger partial charge in [0.25, 0.3) is 0 Å². The van der Waals surface area contributed by atoms with E-state index >= 15 is 0 Å². The summed E-state index contributed by atoms with van der Waals surface area (Å²) >= 11 is 0. The lowest BCUT2D eigenvalue weighted by atomic mass is 10.1. The number of anilines is 8. The molecule has 0 spiro atoms. The zero-order valence-electron chi connectivity index (χ0n) is 54.7. The van der Waals surface area contributed by atoms with Gasteiger partial charge < -0.3 is 45.2 Å². The first kappa shape index (κ1) is 63.7. The second-order valence-corrected chi connectivity index (χ2v) is 26.3. The van der Waals surface area contributed by atoms with Crippen LogP contribution in [0.1, 0.15) is 27.7 Å². The zero-order valence-corrected chi connectivity index (χ0v) is 55.5. The van der Waals surface area contributed by atoms with Gasteiger partial charge in [0.05, 0.1) is 58.8 Å². The van der Waals surface area contributed by atoms with Crippen molar-refractivity contribution in [2.45, 2.75) is 44.7 Å². The fourth-order valence-corrected chi connectivity index (χ4v) is 13.0. The smallest absolute Gasteiger partial charge is 0.319 e. The molecule has 0 unspecified atom stereocenters. The number of H-pyrrole nitrogens is 2. The zero-order chi connectivity index (χ0) is 66.5. The Hall–Kier alpha value is -11.0. The van der Waals surface area contributed by atoms with Crippen LogP contribution in [0.5, 0.6) is 11.9 Å². The number of rotatable bonds is 16. The van der Waals surface area contributed by atoms with Gasteiger partial charge in [-0.05, 0) is 167 Å². The van der Waals surface area contributed by atoms with Gasteiger partial charge in [0.2, 0.25) is 11.4 Å². The molecule has 22 nitrogen and oxygen atoms in total. The summed E-state index contributed by atoms with van der Waals surface area (Å²) in [6.45, 7) is 17.8. The van der Waals surface area contributed by atoms with Crippen molar-refractivity contribution in [3.63, 3.8) is 0 Å². The summed E-state index contributed by atoms with van der Waals surface area (Å²) in [4.78, 5) is 49.7. The average Bonchev–Trinajstić information content (AvgIpc) is 1.56. The van der Waals surface area contributed by atoms with Crippen LogP contribution in [-0.2, 0) is 9.84 Å². The lowest BCUT2D eigenvalue weighted by Gasteiger charge is -2.38. The van der Waals surface area contributed by atoms with Crippen molar-refractivity contribution in [1.29, 1.82) is 0 Å². The van der Waals surface area contributed by atoms with Crippen molar-refractivity contribution in [1.82, 2.24) is 57.9 Å². The first-order valence-electron chi connectivity index (χ1n) is 32.0. The third kappa shape index (κ3) is 13.9. The number of imidazole rings is 3. The standard InChI is InChI=1S/C28H30N6.C26H31N7O2.C19H16N4O3S/c1-20(2)32-15-17-33(18-16-32)24-6-4-23(5-7-24)31-26-9-10-27(34-14-13-30-28(26)34)22-3-8-25-21(19-22)11-12-29-25;1-18(2)31-13-15-32(16-14-31)20-7-5-19(6-8-20)29-22-9-10-23(33-12-11-27-24(22)33)21-17-28-26(35-4)30-25(21)34-3;1-27(25,26)15-5-3-14(4-6-15)22-16-7-8-17(23-11-10-20-19(16)23)13-2-9-18(24)21-12-13/h3-14,19-20,29,31H,15-18H2,1-2H3;5-12,17-18,29H,13-16H2,1-4H3;2-12,22H,1H3,(H,21,24). The van der Waals surface area contributed by atoms with E-state index in [1.807, 2.05) is 64.1 Å². The van der Waals surface area contributed by atoms with Gasteiger partial charge in [0.1, 0.15) is 0 Å². The molecular weight excluding hydrogens is 1230 g/mol. The number of aromatic amines is 2. The molecule has 9 aromatic heterocycles. The molecule has 0 aliphatic carbocycles. The molecule has 11 heterocycles. The number of hydrogen-bond acceptors (Lipinski definition) is 17. The summed E-state index contributed by atoms with van der Waals surface area (Å²) in [6.07, 6.45) is 17.6. The van der Waals surface area contributed by atoms with Gasteiger partial charge in [0.15, 0.2) is 26.8 Å². The molecule has 0 saturated carbocycles. The van der Waals surface area contributed by atoms with E-state index in [1.54, 1.807) is 62.2 Å². The summed E-state index contributed by atoms with van der Waals surface area (Å²) in [7, 11) is -0.113. The number of benzene rings is 4. The third-order valence-corrected chi connectivity index (χ3v) is 18.8. The first-order valence-corrected chi connectivity index (χ1v) is 33.9. The van der Waals surface area contributed by atoms with Crippen LogP contribution in [0.2, 0.25) is 0 Å². The van der Waals surface area contributed by atoms with Crippen molar-refractivity contribution in [3.05, 3.63) is 212 Å². The predicted molar refractivity (Wildman–Crippen MR) is 383 cm³/mol. The molecule has 2 aliphatic rings. The van der Waals surface area contributed by atoms with Gasteiger partial charge in [-0.25, -0.2) is 28.4 Å². The number of methoxy groups -OCH3 is 2. The number of hydrogen-bond donors (Lipinski definition) is 5. The molecule has 15 rings (SSSR count). The number of pyridine rings is 4. The number of ether oxygens (including phenoxy) is 2. The molecule has 96 heavy (non-hydrogen) atoms. The second-order valence-electron chi connectivity index (χ2n) is 24.3. The fraction of sp³-hybridized carbons (Fsp3) is 0.233. The summed E-state index contributed by atoms with van der Waals surface area (Å²) < 4.78 is 39.8. The van der Waals surface area contributed by atoms with Gasteiger partial charge in [-0.1, -0.05) is 6.07 Å². The normalized spacial score (nSPS) is 13.8. The SMILES string of the molecule is CC(C)N1CCN(c2ccc(Nc3ccc(-c4ccc5[nH]ccc5c4)n4ccnc34)cc2)CC1.COc1ncc(-c2ccc(Nc3ccc(N4CCN(C(C)C)CC4)cc3)c3nccn23)c(OC)n1.CS(=O)(=O)c1ccc(Nc2ccc(-c3ccc(=O)[nH]c3)n3ccnc23)cc1. The molecule has 13 aromatic rings. The Balaban J connectivity index is 0.000000131. The number of piperazine rings is 2. The van der Waals surface area contributed by atoms with E-state index < -0.39 is 9.84 Å². The Labute approximate surface area is 556 Å². The molecule has 0 bridgehead atoms. The molecule has 0 amide bonds. The van der Waals surface area contributed by atoms with Gasteiger partial charge >= 0.3 is 6.01 Å². The van der Waals surface area contributed by atoms with Crippen LogP contribution >= 0.6 is 0 Å². The van der Waals surface area contributed by atoms with E-state index in [2.05, 4.69) is 187 Å². The number of nitrogens with one attached hydrogen (secondary N) is 5. The van der Waals surface area contributed by atoms with Crippen molar-refractivity contribution in [2.24, 2.45) is 0 Å². The lowest BCUT2D eigenvalue weighted by Crippen LogP contribution is -2.48. The molecule has 2 aliphatic heterocycles. The minimum absolute atomic E-state index is 0.156. The van der Waals surface area contributed by atoms with E-state index in [9.17, 15) is 13.2 Å². The average molecular weight is 1300 g/mol. The van der Waals surface area contributed by atoms with Crippen molar-refractivity contribution in [2.75, 3.05) is 98.6 Å². The van der Waals surface area contributed by atoms with E-state index in [-0.39, 0.29) is 16.5 Å². The summed E-state index contributed by atoms with van der Waals surface area (Å²) in [6, 6.07) is 49.4. The second kappa shape index (κ2) is 27.9. The number of sulfone groups is 1. The Morgan fingerprint density at radius 3 is 1.43 bits per heavy atom. The molecule has 2 saturated heterocycles. The maximum atomic E-state index is 11.6. The monoisotopic (exact) mass is 1300 g/mol. The maximum absolute atomic E-state index is 11.6. The summed E-state index contributed by atoms with van der Waals surface area (Å²) in [5.41, 5.74) is 17.1. The Morgan fingerprint density at radius 1 is 0.500 bits per heavy atom. The van der Waals surface area contributed by atoms with Crippen molar-refractivity contribution in [3.8, 4) is 45.7 Å². The minimum atomic E-state index is -3.23. The molecule has 23 heteroatoms. The highest BCUT2D eigenvalue weighted by Crippen LogP contribution is 2.35. The van der Waals surface area contributed by atoms with E-state index in [1.165, 1.54) is 41.8 Å². The lowest BCUT2D eigenvalue weighted by molar-refractivity contribution is 0.209. The van der Waals surface area contributed by atoms with Crippen LogP contribution in [-0.4, -0.2) is 151 Å². The maximum Gasteiger partial charge on any atom is 0.319 e. The Bertz CT molecular complexity index is 4990. The number of nitrogens with zero attached hydrogens (tertiary/aromatic N) is 12. The largest absolute Gasteiger partial charge is 0.480 e. The molecule has 0 atom stereocenters. The van der Waals surface area contributed by atoms with Crippen LogP contribution in [0, 0.1) is 0 Å². The quantitative estimate of drug-likeness (QED) is 0.0606. The fourth-order valence-electron chi connectivity index (χ4n) is 12.3. The van der Waals surface area contributed by atoms with Crippen LogP contribution in [0.15, 0.2) is 211 Å². The van der Waals surface area contributed by atoms with Crippen LogP contribution in [0.25, 0.3) is 61.6 Å². The van der Waals surface area contributed by atoms with Gasteiger partial charge in [0, 0.05) is 177 Å². The topological polar surface area (TPSA) is 228 Å². The van der Waals surface area contributed by atoms with Crippen LogP contribution in [0.4, 0.5) is 45.5 Å². The number of fused-ring (bicyclic) bond motifs is 4. The first-order chi connectivity index (χ1) is 46.6. The van der Waals surface area contributed by atoms with Gasteiger partial charge in [-0.15, -0.1) is 0 Å². The molecule has 4 aromatic carbocycles. The molecule has 0 radical (unpaired) electrons. The predicted octanol–water partition coefficient (Wildman–Crippen LogP) is 12.7. The van der Waals surface area contributed by atoms with Crippen LogP contribution < -0.4 is 40.8 Å². The van der Waals surface area contributed by atoms with Gasteiger partial charge in [-0.3, -0.25) is 27.8 Å². The van der Waals surface area contributed by atoms with Crippen molar-refractivity contribution < 1.29 is 17.9 Å². The molecule has 2 fully saturated rings. The van der Waals surface area contributed by atoms with E-state index in [0.717, 1.165) is 132 Å².